The summed E-state index contributed by atoms with van der Waals surface area (Å²) in [5.41, 5.74) is 0.318. The van der Waals surface area contributed by atoms with E-state index < -0.39 is 0 Å². The topological polar surface area (TPSA) is 29.1 Å². The maximum Gasteiger partial charge on any atom is 0.220 e. The van der Waals surface area contributed by atoms with E-state index in [1.165, 1.54) is 32.1 Å². The van der Waals surface area contributed by atoms with Crippen LogP contribution in [-0.2, 0) is 4.79 Å². The standard InChI is InChI=1S/C16H29NO.H2/c1-11(2)17-15(18)10-16-7-12(3)5-14(9-16)6-13(4)8-16;/h11-14H,5-10H2,1-4H3,(H,17,18);1H. The highest BCUT2D eigenvalue weighted by molar-refractivity contribution is 5.77. The van der Waals surface area contributed by atoms with Gasteiger partial charge >= 0.3 is 0 Å². The Morgan fingerprint density at radius 3 is 2.28 bits per heavy atom. The minimum Gasteiger partial charge on any atom is -0.354 e. The number of nitrogens with one attached hydrogen (secondary N) is 1. The lowest BCUT2D eigenvalue weighted by molar-refractivity contribution is -0.126. The van der Waals surface area contributed by atoms with Crippen molar-refractivity contribution in [1.82, 2.24) is 5.32 Å². The second-order valence-corrected chi connectivity index (χ2v) is 7.56. The van der Waals surface area contributed by atoms with E-state index in [2.05, 4.69) is 19.2 Å². The fourth-order valence-electron chi connectivity index (χ4n) is 4.84. The van der Waals surface area contributed by atoms with Gasteiger partial charge in [-0.1, -0.05) is 13.8 Å². The SMILES string of the molecule is CC1CC2CC(C)CC(CC(=O)NC(C)C)(C1)C2.[HH]. The molecule has 0 radical (unpaired) electrons. The van der Waals surface area contributed by atoms with E-state index in [0.717, 1.165) is 24.2 Å². The molecule has 2 atom stereocenters. The van der Waals surface area contributed by atoms with Gasteiger partial charge in [0.25, 0.3) is 0 Å². The summed E-state index contributed by atoms with van der Waals surface area (Å²) in [5.74, 6) is 2.77. The normalized spacial score (nSPS) is 39.7. The third-order valence-electron chi connectivity index (χ3n) is 4.74. The molecule has 2 unspecified atom stereocenters. The number of hydrogen-bond acceptors (Lipinski definition) is 1. The fourth-order valence-corrected chi connectivity index (χ4v) is 4.84. The molecule has 106 valence electrons. The van der Waals surface area contributed by atoms with Gasteiger partial charge in [-0.05, 0) is 69.1 Å². The van der Waals surface area contributed by atoms with Crippen LogP contribution in [0.1, 0.15) is 67.6 Å². The molecule has 2 saturated carbocycles. The first-order valence-corrected chi connectivity index (χ1v) is 7.68. The maximum atomic E-state index is 12.1. The smallest absolute Gasteiger partial charge is 0.220 e. The van der Waals surface area contributed by atoms with E-state index in [1.54, 1.807) is 0 Å². The van der Waals surface area contributed by atoms with Gasteiger partial charge < -0.3 is 5.32 Å². The van der Waals surface area contributed by atoms with Crippen molar-refractivity contribution in [3.8, 4) is 0 Å². The minimum atomic E-state index is 0. The summed E-state index contributed by atoms with van der Waals surface area (Å²) in [6.07, 6.45) is 7.36. The molecule has 18 heavy (non-hydrogen) atoms. The molecule has 2 fully saturated rings. The van der Waals surface area contributed by atoms with E-state index in [0.29, 0.717) is 5.41 Å². The van der Waals surface area contributed by atoms with Gasteiger partial charge in [0.05, 0.1) is 0 Å². The Bertz CT molecular complexity index is 296. The van der Waals surface area contributed by atoms with E-state index in [4.69, 9.17) is 0 Å². The molecule has 0 aliphatic heterocycles. The summed E-state index contributed by atoms with van der Waals surface area (Å²) in [6.45, 7) is 8.84. The lowest BCUT2D eigenvalue weighted by atomic mass is 9.55. The molecular weight excluding hydrogens is 222 g/mol. The second kappa shape index (κ2) is 5.22. The van der Waals surface area contributed by atoms with Crippen molar-refractivity contribution in [3.63, 3.8) is 0 Å². The molecule has 2 aliphatic carbocycles. The predicted octanol–water partition coefficient (Wildman–Crippen LogP) is 4.00. The monoisotopic (exact) mass is 253 g/mol. The molecule has 2 bridgehead atoms. The molecule has 1 amide bonds. The van der Waals surface area contributed by atoms with Crippen molar-refractivity contribution >= 4 is 5.91 Å². The summed E-state index contributed by atoms with van der Waals surface area (Å²) in [5, 5.41) is 3.08. The lowest BCUT2D eigenvalue weighted by Crippen LogP contribution is -2.43. The molecule has 0 aromatic rings. The number of carbonyl (C=O) groups is 1. The maximum absolute atomic E-state index is 12.1. The van der Waals surface area contributed by atoms with Gasteiger partial charge in [-0.3, -0.25) is 4.79 Å². The highest BCUT2D eigenvalue weighted by Gasteiger charge is 2.45. The first kappa shape index (κ1) is 13.9. The number of fused-ring (bicyclic) bond motifs is 2. The van der Waals surface area contributed by atoms with Crippen molar-refractivity contribution in [2.24, 2.45) is 23.2 Å². The van der Waals surface area contributed by atoms with Crippen LogP contribution in [-0.4, -0.2) is 11.9 Å². The average Bonchev–Trinajstić information content (AvgIpc) is 2.10. The quantitative estimate of drug-likeness (QED) is 0.809. The Labute approximate surface area is 113 Å². The molecular formula is C16H31NO. The van der Waals surface area contributed by atoms with Crippen LogP contribution >= 0.6 is 0 Å². The number of rotatable bonds is 3. The summed E-state index contributed by atoms with van der Waals surface area (Å²) in [6, 6.07) is 0.270. The summed E-state index contributed by atoms with van der Waals surface area (Å²) in [7, 11) is 0. The second-order valence-electron chi connectivity index (χ2n) is 7.56. The molecule has 0 aromatic heterocycles. The van der Waals surface area contributed by atoms with E-state index in [9.17, 15) is 4.79 Å². The Balaban J connectivity index is 0.00000180. The molecule has 2 heteroatoms. The van der Waals surface area contributed by atoms with Crippen molar-refractivity contribution in [3.05, 3.63) is 0 Å². The van der Waals surface area contributed by atoms with Gasteiger partial charge in [-0.2, -0.15) is 0 Å². The zero-order chi connectivity index (χ0) is 13.3. The molecule has 2 rings (SSSR count). The summed E-state index contributed by atoms with van der Waals surface area (Å²) >= 11 is 0. The molecule has 0 saturated heterocycles. The third kappa shape index (κ3) is 3.27. The van der Waals surface area contributed by atoms with Crippen molar-refractivity contribution in [2.75, 3.05) is 0 Å². The van der Waals surface area contributed by atoms with Gasteiger partial charge in [-0.15, -0.1) is 0 Å². The zero-order valence-corrected chi connectivity index (χ0v) is 12.5. The molecule has 2 aliphatic rings. The van der Waals surface area contributed by atoms with Crippen LogP contribution < -0.4 is 5.32 Å². The van der Waals surface area contributed by atoms with Crippen LogP contribution in [0.25, 0.3) is 0 Å². The Morgan fingerprint density at radius 1 is 1.22 bits per heavy atom. The van der Waals surface area contributed by atoms with E-state index >= 15 is 0 Å². The van der Waals surface area contributed by atoms with E-state index in [-0.39, 0.29) is 13.4 Å². The molecule has 0 aromatic carbocycles. The van der Waals surface area contributed by atoms with Gasteiger partial charge in [-0.25, -0.2) is 0 Å². The molecule has 2 nitrogen and oxygen atoms in total. The molecule has 0 heterocycles. The Morgan fingerprint density at radius 2 is 1.78 bits per heavy atom. The van der Waals surface area contributed by atoms with Gasteiger partial charge in [0, 0.05) is 13.9 Å². The van der Waals surface area contributed by atoms with Crippen molar-refractivity contribution in [2.45, 2.75) is 72.3 Å². The first-order chi connectivity index (χ1) is 8.38. The average molecular weight is 253 g/mol. The zero-order valence-electron chi connectivity index (χ0n) is 12.5. The Hall–Kier alpha value is -0.530. The number of carbonyl (C=O) groups excluding carboxylic acids is 1. The largest absolute Gasteiger partial charge is 0.354 e. The highest BCUT2D eigenvalue weighted by atomic mass is 16.1. The van der Waals surface area contributed by atoms with Crippen LogP contribution in [0.15, 0.2) is 0 Å². The van der Waals surface area contributed by atoms with Crippen LogP contribution in [0.2, 0.25) is 0 Å². The Kier molecular flexibility index (Phi) is 4.03. The fraction of sp³-hybridized carbons (Fsp3) is 0.938. The summed E-state index contributed by atoms with van der Waals surface area (Å²) in [4.78, 5) is 12.1. The van der Waals surface area contributed by atoms with Gasteiger partial charge in [0.15, 0.2) is 0 Å². The van der Waals surface area contributed by atoms with Crippen LogP contribution in [0.4, 0.5) is 0 Å². The number of hydrogen-bond donors (Lipinski definition) is 1. The third-order valence-corrected chi connectivity index (χ3v) is 4.74. The van der Waals surface area contributed by atoms with Crippen molar-refractivity contribution in [1.29, 1.82) is 0 Å². The first-order valence-electron chi connectivity index (χ1n) is 7.68. The van der Waals surface area contributed by atoms with Gasteiger partial charge in [0.1, 0.15) is 0 Å². The van der Waals surface area contributed by atoms with Crippen LogP contribution in [0.3, 0.4) is 0 Å². The van der Waals surface area contributed by atoms with E-state index in [1.807, 2.05) is 13.8 Å². The lowest BCUT2D eigenvalue weighted by Gasteiger charge is -2.50. The van der Waals surface area contributed by atoms with Crippen LogP contribution in [0.5, 0.6) is 0 Å². The summed E-state index contributed by atoms with van der Waals surface area (Å²) < 4.78 is 0. The molecule has 0 spiro atoms. The molecule has 1 N–H and O–H groups in total. The predicted molar refractivity (Wildman–Crippen MR) is 77.3 cm³/mol. The van der Waals surface area contributed by atoms with Crippen molar-refractivity contribution < 1.29 is 6.22 Å². The number of amides is 1. The van der Waals surface area contributed by atoms with Crippen LogP contribution in [0, 0.1) is 23.2 Å². The van der Waals surface area contributed by atoms with Gasteiger partial charge in [0.2, 0.25) is 5.91 Å². The highest BCUT2D eigenvalue weighted by Crippen LogP contribution is 2.54. The minimum absolute atomic E-state index is 0.